The van der Waals surface area contributed by atoms with E-state index < -0.39 is 12.1 Å². The van der Waals surface area contributed by atoms with Gasteiger partial charge in [-0.25, -0.2) is 13.8 Å². The van der Waals surface area contributed by atoms with E-state index in [2.05, 4.69) is 9.72 Å². The number of anilines is 1. The number of hydrogen-bond donors (Lipinski definition) is 1. The van der Waals surface area contributed by atoms with Crippen molar-refractivity contribution >= 4 is 5.69 Å². The van der Waals surface area contributed by atoms with Crippen molar-refractivity contribution in [1.82, 2.24) is 4.98 Å². The van der Waals surface area contributed by atoms with Crippen molar-refractivity contribution in [1.29, 1.82) is 5.26 Å². The molecule has 0 atom stereocenters. The zero-order chi connectivity index (χ0) is 10.7. The Balaban J connectivity index is 3.42. The highest BCUT2D eigenvalue weighted by Crippen LogP contribution is 2.32. The molecular formula is C8H7F2N3O. The molecule has 0 unspecified atom stereocenters. The fourth-order valence-corrected chi connectivity index (χ4v) is 0.999. The lowest BCUT2D eigenvalue weighted by atomic mass is 10.2. The molecule has 0 bridgehead atoms. The van der Waals surface area contributed by atoms with Gasteiger partial charge in [0.05, 0.1) is 19.0 Å². The molecule has 0 aliphatic rings. The molecule has 1 aromatic heterocycles. The molecule has 0 aliphatic heterocycles. The van der Waals surface area contributed by atoms with Gasteiger partial charge in [-0.15, -0.1) is 0 Å². The van der Waals surface area contributed by atoms with Gasteiger partial charge in [0, 0.05) is 0 Å². The number of alkyl halides is 2. The van der Waals surface area contributed by atoms with E-state index in [-0.39, 0.29) is 17.0 Å². The van der Waals surface area contributed by atoms with Crippen molar-refractivity contribution in [3.63, 3.8) is 0 Å². The van der Waals surface area contributed by atoms with Gasteiger partial charge < -0.3 is 10.5 Å². The average Bonchev–Trinajstić information content (AvgIpc) is 2.16. The first-order valence-electron chi connectivity index (χ1n) is 3.62. The summed E-state index contributed by atoms with van der Waals surface area (Å²) in [6, 6.07) is 1.69. The second kappa shape index (κ2) is 3.87. The number of aromatic nitrogens is 1. The van der Waals surface area contributed by atoms with Gasteiger partial charge in [0.15, 0.2) is 5.75 Å². The summed E-state index contributed by atoms with van der Waals surface area (Å²) < 4.78 is 29.4. The fourth-order valence-electron chi connectivity index (χ4n) is 0.999. The van der Waals surface area contributed by atoms with Gasteiger partial charge >= 0.3 is 0 Å². The van der Waals surface area contributed by atoms with E-state index in [1.54, 1.807) is 6.07 Å². The van der Waals surface area contributed by atoms with Gasteiger partial charge in [0.25, 0.3) is 6.43 Å². The van der Waals surface area contributed by atoms with E-state index in [4.69, 9.17) is 11.0 Å². The van der Waals surface area contributed by atoms with Gasteiger partial charge in [0.2, 0.25) is 0 Å². The van der Waals surface area contributed by atoms with E-state index in [1.165, 1.54) is 7.11 Å². The molecule has 0 radical (unpaired) electrons. The normalized spacial score (nSPS) is 9.93. The lowest BCUT2D eigenvalue weighted by Crippen LogP contribution is -2.02. The highest BCUT2D eigenvalue weighted by Gasteiger charge is 2.20. The Bertz CT molecular complexity index is 387. The van der Waals surface area contributed by atoms with E-state index in [0.29, 0.717) is 0 Å². The fraction of sp³-hybridized carbons (Fsp3) is 0.250. The minimum atomic E-state index is -2.79. The number of nitrogens with zero attached hydrogens (tertiary/aromatic N) is 2. The number of halogens is 2. The van der Waals surface area contributed by atoms with Crippen molar-refractivity contribution in [2.24, 2.45) is 0 Å². The SMILES string of the molecule is COc1c(C(F)F)ncc(N)c1C#N. The minimum Gasteiger partial charge on any atom is -0.493 e. The summed E-state index contributed by atoms with van der Waals surface area (Å²) in [7, 11) is 1.18. The van der Waals surface area contributed by atoms with Crippen molar-refractivity contribution in [3.05, 3.63) is 17.5 Å². The summed E-state index contributed by atoms with van der Waals surface area (Å²) in [4.78, 5) is 3.41. The molecule has 1 rings (SSSR count). The molecule has 0 amide bonds. The number of rotatable bonds is 2. The van der Waals surface area contributed by atoms with Crippen LogP contribution in [0, 0.1) is 11.3 Å². The third kappa shape index (κ3) is 1.57. The zero-order valence-electron chi connectivity index (χ0n) is 7.29. The summed E-state index contributed by atoms with van der Waals surface area (Å²) in [5, 5.41) is 8.65. The molecule has 0 aromatic carbocycles. The molecule has 1 aromatic rings. The predicted molar refractivity (Wildman–Crippen MR) is 44.9 cm³/mol. The lowest BCUT2D eigenvalue weighted by molar-refractivity contribution is 0.141. The van der Waals surface area contributed by atoms with Crippen LogP contribution in [0.2, 0.25) is 0 Å². The first kappa shape index (κ1) is 10.2. The Kier molecular flexibility index (Phi) is 2.82. The second-order valence-corrected chi connectivity index (χ2v) is 2.42. The molecule has 4 nitrogen and oxygen atoms in total. The van der Waals surface area contributed by atoms with Gasteiger partial charge in [-0.2, -0.15) is 5.26 Å². The highest BCUT2D eigenvalue weighted by atomic mass is 19.3. The maximum absolute atomic E-state index is 12.4. The maximum Gasteiger partial charge on any atom is 0.284 e. The van der Waals surface area contributed by atoms with Gasteiger partial charge in [-0.1, -0.05) is 0 Å². The van der Waals surface area contributed by atoms with Crippen molar-refractivity contribution in [3.8, 4) is 11.8 Å². The smallest absolute Gasteiger partial charge is 0.284 e. The lowest BCUT2D eigenvalue weighted by Gasteiger charge is -2.09. The monoisotopic (exact) mass is 199 g/mol. The van der Waals surface area contributed by atoms with Crippen LogP contribution >= 0.6 is 0 Å². The van der Waals surface area contributed by atoms with Crippen molar-refractivity contribution in [2.45, 2.75) is 6.43 Å². The molecule has 2 N–H and O–H groups in total. The Morgan fingerprint density at radius 3 is 2.71 bits per heavy atom. The Hall–Kier alpha value is -1.90. The number of nitrogens with two attached hydrogens (primary N) is 1. The first-order chi connectivity index (χ1) is 6.61. The molecule has 0 saturated carbocycles. The van der Waals surface area contributed by atoms with Crippen LogP contribution in [0.4, 0.5) is 14.5 Å². The van der Waals surface area contributed by atoms with Crippen LogP contribution < -0.4 is 10.5 Å². The average molecular weight is 199 g/mol. The first-order valence-corrected chi connectivity index (χ1v) is 3.62. The molecule has 0 saturated heterocycles. The van der Waals surface area contributed by atoms with Crippen molar-refractivity contribution in [2.75, 3.05) is 12.8 Å². The summed E-state index contributed by atoms with van der Waals surface area (Å²) in [5.41, 5.74) is 4.70. The van der Waals surface area contributed by atoms with Crippen LogP contribution in [0.5, 0.6) is 5.75 Å². The molecule has 14 heavy (non-hydrogen) atoms. The van der Waals surface area contributed by atoms with Crippen molar-refractivity contribution < 1.29 is 13.5 Å². The van der Waals surface area contributed by atoms with Gasteiger partial charge in [0.1, 0.15) is 17.3 Å². The van der Waals surface area contributed by atoms with Gasteiger partial charge in [-0.3, -0.25) is 0 Å². The summed E-state index contributed by atoms with van der Waals surface area (Å²) in [6.45, 7) is 0. The van der Waals surface area contributed by atoms with Crippen LogP contribution in [0.15, 0.2) is 6.20 Å². The highest BCUT2D eigenvalue weighted by molar-refractivity contribution is 5.61. The summed E-state index contributed by atoms with van der Waals surface area (Å²) >= 11 is 0. The molecule has 6 heteroatoms. The van der Waals surface area contributed by atoms with Crippen LogP contribution in [-0.2, 0) is 0 Å². The Labute approximate surface area is 78.9 Å². The maximum atomic E-state index is 12.4. The van der Waals surface area contributed by atoms with Crippen LogP contribution in [0.1, 0.15) is 17.7 Å². The molecule has 0 aliphatic carbocycles. The molecular weight excluding hydrogens is 192 g/mol. The van der Waals surface area contributed by atoms with Gasteiger partial charge in [-0.05, 0) is 0 Å². The van der Waals surface area contributed by atoms with Crippen LogP contribution in [0.3, 0.4) is 0 Å². The van der Waals surface area contributed by atoms with E-state index in [1.807, 2.05) is 0 Å². The third-order valence-electron chi connectivity index (χ3n) is 1.61. The van der Waals surface area contributed by atoms with E-state index >= 15 is 0 Å². The Morgan fingerprint density at radius 2 is 2.29 bits per heavy atom. The van der Waals surface area contributed by atoms with E-state index in [0.717, 1.165) is 6.20 Å². The van der Waals surface area contributed by atoms with E-state index in [9.17, 15) is 8.78 Å². The summed E-state index contributed by atoms with van der Waals surface area (Å²) in [5.74, 6) is -0.262. The van der Waals surface area contributed by atoms with Crippen LogP contribution in [-0.4, -0.2) is 12.1 Å². The standard InChI is InChI=1S/C8H7F2N3O/c1-14-7-4(2-11)5(12)3-13-6(7)8(9)10/h3,8H,12H2,1H3. The largest absolute Gasteiger partial charge is 0.493 e. The number of hydrogen-bond acceptors (Lipinski definition) is 4. The molecule has 0 fully saturated rings. The minimum absolute atomic E-state index is 0.0220. The number of nitriles is 1. The number of methoxy groups -OCH3 is 1. The quantitative estimate of drug-likeness (QED) is 0.782. The second-order valence-electron chi connectivity index (χ2n) is 2.42. The third-order valence-corrected chi connectivity index (χ3v) is 1.61. The predicted octanol–water partition coefficient (Wildman–Crippen LogP) is 1.48. The summed E-state index contributed by atoms with van der Waals surface area (Å²) in [6.07, 6.45) is -1.78. The number of nitrogen functional groups attached to an aromatic ring is 1. The molecule has 1 heterocycles. The number of ether oxygens (including phenoxy) is 1. The molecule has 0 spiro atoms. The Morgan fingerprint density at radius 1 is 1.64 bits per heavy atom. The molecule has 74 valence electrons. The van der Waals surface area contributed by atoms with Crippen LogP contribution in [0.25, 0.3) is 0 Å². The topological polar surface area (TPSA) is 71.9 Å². The number of pyridine rings is 1. The zero-order valence-corrected chi connectivity index (χ0v) is 7.29.